The molecule has 0 aliphatic heterocycles. The molecule has 0 amide bonds. The van der Waals surface area contributed by atoms with Crippen LogP contribution in [0.15, 0.2) is 12.2 Å². The minimum atomic E-state index is -0.408. The van der Waals surface area contributed by atoms with E-state index < -0.39 is 6.23 Å². The Labute approximate surface area is 131 Å². The van der Waals surface area contributed by atoms with E-state index in [1.165, 1.54) is 32.1 Å². The quantitative estimate of drug-likeness (QED) is 0.310. The second-order valence-electron chi connectivity index (χ2n) is 7.47. The van der Waals surface area contributed by atoms with Crippen molar-refractivity contribution in [2.45, 2.75) is 84.4 Å². The summed E-state index contributed by atoms with van der Waals surface area (Å²) in [5.74, 6) is 0.659. The molecular formula is C18H36N2O. The number of aliphatic hydroxyl groups is 1. The van der Waals surface area contributed by atoms with Crippen molar-refractivity contribution in [2.24, 2.45) is 17.1 Å². The topological polar surface area (TPSA) is 58.3 Å². The van der Waals surface area contributed by atoms with Crippen molar-refractivity contribution in [3.8, 4) is 0 Å². The van der Waals surface area contributed by atoms with E-state index in [0.29, 0.717) is 17.8 Å². The van der Waals surface area contributed by atoms with Gasteiger partial charge in [-0.25, -0.2) is 0 Å². The molecule has 2 unspecified atom stereocenters. The van der Waals surface area contributed by atoms with Gasteiger partial charge in [0.1, 0.15) is 6.23 Å². The SMILES string of the molecule is C/C=C\CC(O)NC[C@H](CC)CCCCC1(N)CC1(C)C. The molecule has 0 saturated heterocycles. The van der Waals surface area contributed by atoms with Gasteiger partial charge in [0.15, 0.2) is 0 Å². The number of hydrogen-bond donors (Lipinski definition) is 3. The Bertz CT molecular complexity index is 327. The van der Waals surface area contributed by atoms with E-state index in [1.54, 1.807) is 0 Å². The molecule has 3 heteroatoms. The summed E-state index contributed by atoms with van der Waals surface area (Å²) in [6.45, 7) is 9.68. The van der Waals surface area contributed by atoms with E-state index in [9.17, 15) is 5.11 Å². The van der Waals surface area contributed by atoms with Gasteiger partial charge in [-0.2, -0.15) is 0 Å². The van der Waals surface area contributed by atoms with Crippen molar-refractivity contribution in [3.05, 3.63) is 12.2 Å². The highest BCUT2D eigenvalue weighted by atomic mass is 16.3. The lowest BCUT2D eigenvalue weighted by Crippen LogP contribution is -2.32. The number of aliphatic hydroxyl groups excluding tert-OH is 1. The molecule has 1 aliphatic carbocycles. The van der Waals surface area contributed by atoms with Crippen molar-refractivity contribution in [1.82, 2.24) is 5.32 Å². The number of nitrogens with one attached hydrogen (secondary N) is 1. The summed E-state index contributed by atoms with van der Waals surface area (Å²) in [5.41, 5.74) is 6.83. The van der Waals surface area contributed by atoms with Crippen molar-refractivity contribution >= 4 is 0 Å². The van der Waals surface area contributed by atoms with Gasteiger partial charge in [0.2, 0.25) is 0 Å². The largest absolute Gasteiger partial charge is 0.378 e. The molecule has 0 aromatic carbocycles. The van der Waals surface area contributed by atoms with Crippen molar-refractivity contribution in [3.63, 3.8) is 0 Å². The second kappa shape index (κ2) is 8.30. The third kappa shape index (κ3) is 6.09. The second-order valence-corrected chi connectivity index (χ2v) is 7.47. The molecule has 0 aromatic rings. The zero-order valence-electron chi connectivity index (χ0n) is 14.5. The Kier molecular flexibility index (Phi) is 7.38. The maximum Gasteiger partial charge on any atom is 0.108 e. The first-order valence-electron chi connectivity index (χ1n) is 8.66. The van der Waals surface area contributed by atoms with Gasteiger partial charge >= 0.3 is 0 Å². The predicted octanol–water partition coefficient (Wildman–Crippen LogP) is 3.57. The van der Waals surface area contributed by atoms with Crippen LogP contribution in [0.2, 0.25) is 0 Å². The molecule has 4 N–H and O–H groups in total. The number of nitrogens with two attached hydrogens (primary N) is 1. The number of unbranched alkanes of at least 4 members (excludes halogenated alkanes) is 1. The van der Waals surface area contributed by atoms with Gasteiger partial charge in [-0.05, 0) is 37.5 Å². The minimum absolute atomic E-state index is 0.107. The molecule has 0 radical (unpaired) electrons. The van der Waals surface area contributed by atoms with Crippen molar-refractivity contribution < 1.29 is 5.11 Å². The van der Waals surface area contributed by atoms with Crippen LogP contribution in [-0.2, 0) is 0 Å². The smallest absolute Gasteiger partial charge is 0.108 e. The van der Waals surface area contributed by atoms with E-state index in [-0.39, 0.29) is 5.54 Å². The Morgan fingerprint density at radius 1 is 1.33 bits per heavy atom. The lowest BCUT2D eigenvalue weighted by molar-refractivity contribution is 0.132. The molecule has 3 atom stereocenters. The molecule has 124 valence electrons. The van der Waals surface area contributed by atoms with Crippen molar-refractivity contribution in [2.75, 3.05) is 6.54 Å². The Morgan fingerprint density at radius 3 is 2.52 bits per heavy atom. The van der Waals surface area contributed by atoms with Crippen LogP contribution in [0.25, 0.3) is 0 Å². The van der Waals surface area contributed by atoms with E-state index in [0.717, 1.165) is 13.0 Å². The van der Waals surface area contributed by atoms with Crippen LogP contribution in [0.4, 0.5) is 0 Å². The Morgan fingerprint density at radius 2 is 2.00 bits per heavy atom. The normalized spacial score (nSPS) is 27.0. The van der Waals surface area contributed by atoms with Gasteiger partial charge in [-0.15, -0.1) is 0 Å². The third-order valence-corrected chi connectivity index (χ3v) is 5.28. The monoisotopic (exact) mass is 296 g/mol. The van der Waals surface area contributed by atoms with Gasteiger partial charge in [0.25, 0.3) is 0 Å². The van der Waals surface area contributed by atoms with Crippen LogP contribution >= 0.6 is 0 Å². The fourth-order valence-electron chi connectivity index (χ4n) is 3.15. The Hall–Kier alpha value is -0.380. The maximum atomic E-state index is 9.79. The highest BCUT2D eigenvalue weighted by Crippen LogP contribution is 2.56. The molecule has 1 aliphatic rings. The van der Waals surface area contributed by atoms with E-state index >= 15 is 0 Å². The summed E-state index contributed by atoms with van der Waals surface area (Å²) < 4.78 is 0. The van der Waals surface area contributed by atoms with Crippen LogP contribution < -0.4 is 11.1 Å². The third-order valence-electron chi connectivity index (χ3n) is 5.28. The highest BCUT2D eigenvalue weighted by molar-refractivity contribution is 5.14. The first-order valence-corrected chi connectivity index (χ1v) is 8.66. The van der Waals surface area contributed by atoms with Crippen LogP contribution in [0, 0.1) is 11.3 Å². The predicted molar refractivity (Wildman–Crippen MR) is 91.0 cm³/mol. The summed E-state index contributed by atoms with van der Waals surface area (Å²) in [4.78, 5) is 0. The van der Waals surface area contributed by atoms with Crippen LogP contribution in [-0.4, -0.2) is 23.4 Å². The fourth-order valence-corrected chi connectivity index (χ4v) is 3.15. The standard InChI is InChI=1S/C18H36N2O/c1-5-7-11-16(21)20-13-15(6-2)10-8-9-12-18(19)14-17(18,3)4/h5,7,15-16,20-21H,6,8-14,19H2,1-4H3/b7-5-/t15-,16?,18?/m1/s1. The molecule has 3 nitrogen and oxygen atoms in total. The van der Waals surface area contributed by atoms with Crippen LogP contribution in [0.1, 0.15) is 72.6 Å². The maximum absolute atomic E-state index is 9.79. The van der Waals surface area contributed by atoms with E-state index in [4.69, 9.17) is 5.73 Å². The zero-order valence-corrected chi connectivity index (χ0v) is 14.5. The minimum Gasteiger partial charge on any atom is -0.378 e. The lowest BCUT2D eigenvalue weighted by Gasteiger charge is -2.19. The highest BCUT2D eigenvalue weighted by Gasteiger charge is 2.57. The number of hydrogen-bond acceptors (Lipinski definition) is 3. The lowest BCUT2D eigenvalue weighted by atomic mass is 9.94. The van der Waals surface area contributed by atoms with Crippen molar-refractivity contribution in [1.29, 1.82) is 0 Å². The molecule has 1 rings (SSSR count). The first-order chi connectivity index (χ1) is 9.84. The molecule has 0 aromatic heterocycles. The number of rotatable bonds is 11. The summed E-state index contributed by atoms with van der Waals surface area (Å²) in [6, 6.07) is 0. The van der Waals surface area contributed by atoms with Gasteiger partial charge < -0.3 is 10.8 Å². The van der Waals surface area contributed by atoms with Gasteiger partial charge in [-0.1, -0.05) is 52.2 Å². The molecular weight excluding hydrogens is 260 g/mol. The summed E-state index contributed by atoms with van der Waals surface area (Å²) >= 11 is 0. The molecule has 0 bridgehead atoms. The van der Waals surface area contributed by atoms with Gasteiger partial charge in [0, 0.05) is 18.5 Å². The number of allylic oxidation sites excluding steroid dienone is 1. The summed E-state index contributed by atoms with van der Waals surface area (Å²) in [6.07, 6.45) is 11.5. The van der Waals surface area contributed by atoms with Crippen LogP contribution in [0.3, 0.4) is 0 Å². The summed E-state index contributed by atoms with van der Waals surface area (Å²) in [5, 5.41) is 13.0. The van der Waals surface area contributed by atoms with E-state index in [2.05, 4.69) is 26.1 Å². The first kappa shape index (κ1) is 18.7. The fraction of sp³-hybridized carbons (Fsp3) is 0.889. The molecule has 1 fully saturated rings. The van der Waals surface area contributed by atoms with Gasteiger partial charge in [0.05, 0.1) is 0 Å². The average molecular weight is 296 g/mol. The molecule has 0 heterocycles. The molecule has 0 spiro atoms. The Balaban J connectivity index is 2.11. The molecule has 21 heavy (non-hydrogen) atoms. The van der Waals surface area contributed by atoms with Crippen LogP contribution in [0.5, 0.6) is 0 Å². The molecule has 1 saturated carbocycles. The van der Waals surface area contributed by atoms with E-state index in [1.807, 2.05) is 19.1 Å². The summed E-state index contributed by atoms with van der Waals surface area (Å²) in [7, 11) is 0. The average Bonchev–Trinajstić information content (AvgIpc) is 2.94. The van der Waals surface area contributed by atoms with Gasteiger partial charge in [-0.3, -0.25) is 5.32 Å². The zero-order chi connectivity index (χ0) is 15.9.